The first-order valence-corrected chi connectivity index (χ1v) is 7.78. The fraction of sp³-hybridized carbons (Fsp3) is 0.600. The number of hydrogen-bond acceptors (Lipinski definition) is 3. The van der Waals surface area contributed by atoms with E-state index in [0.717, 1.165) is 17.9 Å². The molecule has 3 rings (SSSR count). The van der Waals surface area contributed by atoms with Gasteiger partial charge in [0.05, 0.1) is 5.02 Å². The quantitative estimate of drug-likeness (QED) is 0.871. The topological polar surface area (TPSA) is 33.4 Å². The Morgan fingerprint density at radius 2 is 2.25 bits per heavy atom. The lowest BCUT2D eigenvalue weighted by Gasteiger charge is -2.38. The van der Waals surface area contributed by atoms with E-state index in [9.17, 15) is 0 Å². The monoisotopic (exact) mass is 292 g/mol. The maximum Gasteiger partial charge on any atom is 0.174 e. The number of halogens is 1. The average Bonchev–Trinajstić information content (AvgIpc) is 2.83. The Bertz CT molecular complexity index is 593. The molecule has 1 fully saturated rings. The number of hydrogen-bond donors (Lipinski definition) is 0. The van der Waals surface area contributed by atoms with Gasteiger partial charge in [0.25, 0.3) is 0 Å². The van der Waals surface area contributed by atoms with Gasteiger partial charge in [-0.15, -0.1) is 0 Å². The molecule has 0 aliphatic carbocycles. The Hall–Kier alpha value is -1.13. The molecule has 20 heavy (non-hydrogen) atoms. The second-order valence-corrected chi connectivity index (χ2v) is 6.24. The number of piperidine rings is 1. The Kier molecular flexibility index (Phi) is 3.94. The summed E-state index contributed by atoms with van der Waals surface area (Å²) >= 11 is 6.16. The van der Waals surface area contributed by atoms with E-state index in [1.807, 2.05) is 18.3 Å². The van der Waals surface area contributed by atoms with Gasteiger partial charge in [-0.2, -0.15) is 5.10 Å². The molecule has 1 aliphatic heterocycles. The predicted molar refractivity (Wildman–Crippen MR) is 81.2 cm³/mol. The molecule has 4 nitrogen and oxygen atoms in total. The summed E-state index contributed by atoms with van der Waals surface area (Å²) in [5, 5.41) is 5.22. The van der Waals surface area contributed by atoms with Crippen LogP contribution in [0.2, 0.25) is 5.02 Å². The van der Waals surface area contributed by atoms with Gasteiger partial charge in [-0.05, 0) is 45.4 Å². The molecule has 1 unspecified atom stereocenters. The summed E-state index contributed by atoms with van der Waals surface area (Å²) in [5.74, 6) is 0.899. The lowest BCUT2D eigenvalue weighted by Crippen LogP contribution is -2.45. The van der Waals surface area contributed by atoms with Crippen LogP contribution >= 0.6 is 11.6 Å². The van der Waals surface area contributed by atoms with Crippen LogP contribution in [0.5, 0.6) is 0 Å². The minimum Gasteiger partial charge on any atom is -0.298 e. The molecule has 108 valence electrons. The second-order valence-electron chi connectivity index (χ2n) is 5.84. The zero-order chi connectivity index (χ0) is 14.1. The van der Waals surface area contributed by atoms with Crippen molar-refractivity contribution in [3.8, 4) is 0 Å². The fourth-order valence-electron chi connectivity index (χ4n) is 3.14. The van der Waals surface area contributed by atoms with Crippen molar-refractivity contribution in [2.24, 2.45) is 0 Å². The van der Waals surface area contributed by atoms with E-state index in [4.69, 9.17) is 11.6 Å². The third-order valence-corrected chi connectivity index (χ3v) is 4.41. The summed E-state index contributed by atoms with van der Waals surface area (Å²) in [6.07, 6.45) is 6.66. The summed E-state index contributed by atoms with van der Waals surface area (Å²) in [4.78, 5) is 7.17. The highest BCUT2D eigenvalue weighted by Gasteiger charge is 2.26. The summed E-state index contributed by atoms with van der Waals surface area (Å²) < 4.78 is 1.78. The van der Waals surface area contributed by atoms with Gasteiger partial charge >= 0.3 is 0 Å². The lowest BCUT2D eigenvalue weighted by molar-refractivity contribution is 0.110. The Balaban J connectivity index is 1.82. The van der Waals surface area contributed by atoms with Crippen molar-refractivity contribution in [2.75, 3.05) is 6.54 Å². The summed E-state index contributed by atoms with van der Waals surface area (Å²) in [5.41, 5.74) is 0.760. The minimum atomic E-state index is 0.555. The van der Waals surface area contributed by atoms with Gasteiger partial charge < -0.3 is 0 Å². The molecule has 5 heteroatoms. The zero-order valence-electron chi connectivity index (χ0n) is 12.1. The average molecular weight is 293 g/mol. The molecule has 2 aromatic rings. The Labute approximate surface area is 124 Å². The highest BCUT2D eigenvalue weighted by Crippen LogP contribution is 2.23. The van der Waals surface area contributed by atoms with Crippen LogP contribution in [0.1, 0.15) is 38.9 Å². The number of fused-ring (bicyclic) bond motifs is 1. The Morgan fingerprint density at radius 3 is 3.00 bits per heavy atom. The number of pyridine rings is 1. The first kappa shape index (κ1) is 13.8. The van der Waals surface area contributed by atoms with E-state index >= 15 is 0 Å². The SMILES string of the molecule is CC(C)N1CCCCC1Cc1nc2c(Cl)cccn2n1. The first-order chi connectivity index (χ1) is 9.65. The molecule has 3 heterocycles. The summed E-state index contributed by atoms with van der Waals surface area (Å²) in [6.45, 7) is 5.73. The molecule has 1 saturated heterocycles. The van der Waals surface area contributed by atoms with Crippen LogP contribution in [0.15, 0.2) is 18.3 Å². The van der Waals surface area contributed by atoms with Crippen LogP contribution in [0.3, 0.4) is 0 Å². The third-order valence-electron chi connectivity index (χ3n) is 4.11. The van der Waals surface area contributed by atoms with E-state index < -0.39 is 0 Å². The van der Waals surface area contributed by atoms with Crippen molar-refractivity contribution < 1.29 is 0 Å². The van der Waals surface area contributed by atoms with Gasteiger partial charge in [0.15, 0.2) is 11.5 Å². The number of rotatable bonds is 3. The van der Waals surface area contributed by atoms with Crippen molar-refractivity contribution in [3.05, 3.63) is 29.2 Å². The fourth-order valence-corrected chi connectivity index (χ4v) is 3.34. The molecule has 1 aliphatic rings. The van der Waals surface area contributed by atoms with E-state index in [1.54, 1.807) is 4.52 Å². The molecule has 0 radical (unpaired) electrons. The number of aromatic nitrogens is 3. The van der Waals surface area contributed by atoms with Crippen molar-refractivity contribution in [2.45, 2.75) is 51.6 Å². The number of nitrogens with zero attached hydrogens (tertiary/aromatic N) is 4. The molecular formula is C15H21ClN4. The standard InChI is InChI=1S/C15H21ClN4/c1-11(2)19-8-4-3-6-12(19)10-14-17-15-13(16)7-5-9-20(15)18-14/h5,7,9,11-12H,3-4,6,8,10H2,1-2H3. The van der Waals surface area contributed by atoms with E-state index in [-0.39, 0.29) is 0 Å². The van der Waals surface area contributed by atoms with Crippen LogP contribution in [0, 0.1) is 0 Å². The van der Waals surface area contributed by atoms with Crippen LogP contribution in [0.4, 0.5) is 0 Å². The highest BCUT2D eigenvalue weighted by molar-refractivity contribution is 6.33. The number of likely N-dealkylation sites (tertiary alicyclic amines) is 1. The minimum absolute atomic E-state index is 0.555. The third kappa shape index (κ3) is 2.67. The van der Waals surface area contributed by atoms with E-state index in [2.05, 4.69) is 28.8 Å². The normalized spacial score (nSPS) is 20.9. The molecule has 0 spiro atoms. The van der Waals surface area contributed by atoms with Gasteiger partial charge in [-0.1, -0.05) is 18.0 Å². The van der Waals surface area contributed by atoms with E-state index in [0.29, 0.717) is 17.1 Å². The molecular weight excluding hydrogens is 272 g/mol. The largest absolute Gasteiger partial charge is 0.298 e. The predicted octanol–water partition coefficient (Wildman–Crippen LogP) is 3.19. The smallest absolute Gasteiger partial charge is 0.174 e. The maximum absolute atomic E-state index is 6.16. The van der Waals surface area contributed by atoms with Gasteiger partial charge in [0, 0.05) is 24.7 Å². The Morgan fingerprint density at radius 1 is 1.40 bits per heavy atom. The molecule has 0 amide bonds. The molecule has 2 aromatic heterocycles. The van der Waals surface area contributed by atoms with Crippen LogP contribution in [0.25, 0.3) is 5.65 Å². The van der Waals surface area contributed by atoms with Crippen LogP contribution in [-0.4, -0.2) is 38.1 Å². The van der Waals surface area contributed by atoms with E-state index in [1.165, 1.54) is 25.8 Å². The van der Waals surface area contributed by atoms with Crippen molar-refractivity contribution in [3.63, 3.8) is 0 Å². The van der Waals surface area contributed by atoms with Gasteiger partial charge in [-0.25, -0.2) is 9.50 Å². The maximum atomic E-state index is 6.16. The molecule has 0 N–H and O–H groups in total. The summed E-state index contributed by atoms with van der Waals surface area (Å²) in [6, 6.07) is 4.89. The highest BCUT2D eigenvalue weighted by atomic mass is 35.5. The van der Waals surface area contributed by atoms with Gasteiger partial charge in [0.1, 0.15) is 0 Å². The summed E-state index contributed by atoms with van der Waals surface area (Å²) in [7, 11) is 0. The molecule has 0 bridgehead atoms. The molecule has 0 aromatic carbocycles. The van der Waals surface area contributed by atoms with Gasteiger partial charge in [0.2, 0.25) is 0 Å². The lowest BCUT2D eigenvalue weighted by atomic mass is 9.97. The first-order valence-electron chi connectivity index (χ1n) is 7.40. The molecule has 1 atom stereocenters. The van der Waals surface area contributed by atoms with Crippen molar-refractivity contribution in [1.29, 1.82) is 0 Å². The van der Waals surface area contributed by atoms with Crippen LogP contribution < -0.4 is 0 Å². The zero-order valence-corrected chi connectivity index (χ0v) is 12.8. The molecule has 0 saturated carbocycles. The second kappa shape index (κ2) is 5.70. The van der Waals surface area contributed by atoms with Gasteiger partial charge in [-0.3, -0.25) is 4.90 Å². The van der Waals surface area contributed by atoms with Crippen molar-refractivity contribution in [1.82, 2.24) is 19.5 Å². The van der Waals surface area contributed by atoms with Crippen LogP contribution in [-0.2, 0) is 6.42 Å². The van der Waals surface area contributed by atoms with Crippen molar-refractivity contribution >= 4 is 17.2 Å².